The summed E-state index contributed by atoms with van der Waals surface area (Å²) in [5.74, 6) is 0.835. The zero-order valence-electron chi connectivity index (χ0n) is 15.3. The van der Waals surface area contributed by atoms with Gasteiger partial charge in [0.2, 0.25) is 5.13 Å². The molecule has 0 radical (unpaired) electrons. The summed E-state index contributed by atoms with van der Waals surface area (Å²) in [6.45, 7) is 4.03. The van der Waals surface area contributed by atoms with Crippen molar-refractivity contribution in [1.29, 1.82) is 0 Å². The van der Waals surface area contributed by atoms with E-state index in [0.717, 1.165) is 46.6 Å². The Morgan fingerprint density at radius 2 is 2.11 bits per heavy atom. The number of thiophene rings is 1. The lowest BCUT2D eigenvalue weighted by atomic mass is 9.98. The van der Waals surface area contributed by atoms with Gasteiger partial charge in [-0.1, -0.05) is 18.3 Å². The van der Waals surface area contributed by atoms with Gasteiger partial charge in [-0.05, 0) is 66.3 Å². The molecule has 1 aliphatic heterocycles. The fraction of sp³-hybridized carbons (Fsp3) is 0.368. The van der Waals surface area contributed by atoms with Gasteiger partial charge in [0.05, 0.1) is 13.8 Å². The van der Waals surface area contributed by atoms with Crippen molar-refractivity contribution in [2.45, 2.75) is 32.5 Å². The Balaban J connectivity index is 1.49. The maximum absolute atomic E-state index is 5.57. The fourth-order valence-corrected chi connectivity index (χ4v) is 5.45. The minimum atomic E-state index is 0.446. The first-order valence-electron chi connectivity index (χ1n) is 8.97. The summed E-state index contributed by atoms with van der Waals surface area (Å²) in [5, 5.41) is 11.1. The lowest BCUT2D eigenvalue weighted by Crippen LogP contribution is -2.36. The highest BCUT2D eigenvalue weighted by Crippen LogP contribution is 2.35. The van der Waals surface area contributed by atoms with Crippen molar-refractivity contribution in [2.24, 2.45) is 0 Å². The van der Waals surface area contributed by atoms with Crippen LogP contribution < -0.4 is 10.1 Å². The van der Waals surface area contributed by atoms with Crippen molar-refractivity contribution < 1.29 is 4.74 Å². The molecule has 0 unspecified atom stereocenters. The first-order valence-corrected chi connectivity index (χ1v) is 11.1. The Hall–Kier alpha value is -1.74. The van der Waals surface area contributed by atoms with Crippen LogP contribution in [0.4, 0.5) is 10.8 Å². The van der Waals surface area contributed by atoms with Gasteiger partial charge in [0.1, 0.15) is 5.75 Å². The number of benzene rings is 1. The fourth-order valence-electron chi connectivity index (χ4n) is 3.51. The number of methoxy groups -OCH3 is 1. The van der Waals surface area contributed by atoms with Gasteiger partial charge in [-0.25, -0.2) is 4.68 Å². The summed E-state index contributed by atoms with van der Waals surface area (Å²) in [6.07, 6.45) is 2.20. The van der Waals surface area contributed by atoms with Crippen LogP contribution in [0.1, 0.15) is 29.8 Å². The van der Waals surface area contributed by atoms with E-state index in [4.69, 9.17) is 22.1 Å². The summed E-state index contributed by atoms with van der Waals surface area (Å²) in [6, 6.07) is 10.5. The van der Waals surface area contributed by atoms with Gasteiger partial charge in [-0.15, -0.1) is 16.4 Å². The number of nitrogens with one attached hydrogen (secondary N) is 1. The van der Waals surface area contributed by atoms with E-state index in [1.165, 1.54) is 21.8 Å². The summed E-state index contributed by atoms with van der Waals surface area (Å²) >= 11 is 8.95. The van der Waals surface area contributed by atoms with Crippen molar-refractivity contribution in [2.75, 3.05) is 19.0 Å². The van der Waals surface area contributed by atoms with Crippen LogP contribution in [0.3, 0.4) is 0 Å². The molecule has 2 aromatic heterocycles. The van der Waals surface area contributed by atoms with Crippen molar-refractivity contribution in [3.05, 3.63) is 50.1 Å². The van der Waals surface area contributed by atoms with Crippen molar-refractivity contribution in [3.63, 3.8) is 0 Å². The molecule has 27 heavy (non-hydrogen) atoms. The molecule has 1 aliphatic rings. The van der Waals surface area contributed by atoms with E-state index in [-0.39, 0.29) is 0 Å². The second-order valence-corrected chi connectivity index (χ2v) is 9.08. The Labute approximate surface area is 172 Å². The summed E-state index contributed by atoms with van der Waals surface area (Å²) in [4.78, 5) is 4.02. The molecule has 1 N–H and O–H groups in total. The van der Waals surface area contributed by atoms with E-state index in [1.54, 1.807) is 7.11 Å². The van der Waals surface area contributed by atoms with Gasteiger partial charge < -0.3 is 10.1 Å². The topological polar surface area (TPSA) is 42.3 Å². The number of fused-ring (bicyclic) bond motifs is 1. The second kappa shape index (κ2) is 8.10. The quantitative estimate of drug-likeness (QED) is 0.539. The molecule has 3 aromatic rings. The molecule has 4 rings (SSSR count). The Morgan fingerprint density at radius 1 is 1.30 bits per heavy atom. The van der Waals surface area contributed by atoms with Gasteiger partial charge in [0, 0.05) is 23.2 Å². The Bertz CT molecular complexity index is 960. The van der Waals surface area contributed by atoms with E-state index in [2.05, 4.69) is 28.6 Å². The third-order valence-electron chi connectivity index (χ3n) is 4.86. The van der Waals surface area contributed by atoms with E-state index in [0.29, 0.717) is 6.04 Å². The Kier molecular flexibility index (Phi) is 5.58. The predicted molar refractivity (Wildman–Crippen MR) is 115 cm³/mol. The first kappa shape index (κ1) is 18.6. The van der Waals surface area contributed by atoms with E-state index < -0.39 is 0 Å². The number of rotatable bonds is 6. The molecule has 0 amide bonds. The highest BCUT2D eigenvalue weighted by molar-refractivity contribution is 7.73. The van der Waals surface area contributed by atoms with Crippen LogP contribution >= 0.6 is 34.9 Å². The maximum atomic E-state index is 5.57. The van der Waals surface area contributed by atoms with Gasteiger partial charge in [-0.2, -0.15) is 0 Å². The zero-order chi connectivity index (χ0) is 18.8. The van der Waals surface area contributed by atoms with Crippen LogP contribution in [0, 0.1) is 3.95 Å². The van der Waals surface area contributed by atoms with Gasteiger partial charge in [0.15, 0.2) is 3.95 Å². The van der Waals surface area contributed by atoms with E-state index in [1.807, 2.05) is 40.3 Å². The maximum Gasteiger partial charge on any atom is 0.209 e. The van der Waals surface area contributed by atoms with Crippen molar-refractivity contribution in [3.8, 4) is 5.75 Å². The number of aromatic nitrogens is 2. The summed E-state index contributed by atoms with van der Waals surface area (Å²) < 4.78 is 7.93. The van der Waals surface area contributed by atoms with Crippen molar-refractivity contribution in [1.82, 2.24) is 14.7 Å². The molecule has 142 valence electrons. The monoisotopic (exact) mass is 418 g/mol. The number of hydrogen-bond donors (Lipinski definition) is 1. The third-order valence-corrected chi connectivity index (χ3v) is 7.08. The molecule has 8 heteroatoms. The van der Waals surface area contributed by atoms with Crippen LogP contribution in [0.25, 0.3) is 0 Å². The SMILES string of the molecule is CC[C@H]1c2ccsc2CCN1Cn1nc(Nc2ccc(OC)cc2)sc1=S. The minimum absolute atomic E-state index is 0.446. The molecule has 5 nitrogen and oxygen atoms in total. The highest BCUT2D eigenvalue weighted by Gasteiger charge is 2.27. The van der Waals surface area contributed by atoms with Gasteiger partial charge >= 0.3 is 0 Å². The molecule has 0 fully saturated rings. The summed E-state index contributed by atoms with van der Waals surface area (Å²) in [5.41, 5.74) is 2.45. The lowest BCUT2D eigenvalue weighted by molar-refractivity contribution is 0.130. The molecular formula is C19H22N4OS3. The number of nitrogens with zero attached hydrogens (tertiary/aromatic N) is 3. The van der Waals surface area contributed by atoms with Crippen LogP contribution in [-0.2, 0) is 13.1 Å². The average molecular weight is 419 g/mol. The normalized spacial score (nSPS) is 16.9. The zero-order valence-corrected chi connectivity index (χ0v) is 17.8. The molecule has 0 bridgehead atoms. The number of anilines is 2. The standard InChI is InChI=1S/C19H22N4OS3/c1-3-16-15-9-11-26-17(15)8-10-22(16)12-23-19(25)27-18(21-23)20-13-4-6-14(24-2)7-5-13/h4-7,9,11,16H,3,8,10,12H2,1-2H3,(H,20,21)/t16-/m0/s1. The van der Waals surface area contributed by atoms with Crippen LogP contribution in [0.15, 0.2) is 35.7 Å². The van der Waals surface area contributed by atoms with Gasteiger partial charge in [-0.3, -0.25) is 4.90 Å². The lowest BCUT2D eigenvalue weighted by Gasteiger charge is -2.35. The molecule has 0 saturated heterocycles. The molecule has 0 saturated carbocycles. The average Bonchev–Trinajstić information content (AvgIpc) is 3.29. The number of ether oxygens (including phenoxy) is 1. The van der Waals surface area contributed by atoms with E-state index >= 15 is 0 Å². The molecular weight excluding hydrogens is 396 g/mol. The summed E-state index contributed by atoms with van der Waals surface area (Å²) in [7, 11) is 1.67. The highest BCUT2D eigenvalue weighted by atomic mass is 32.1. The molecule has 1 aromatic carbocycles. The predicted octanol–water partition coefficient (Wildman–Crippen LogP) is 5.45. The third kappa shape index (κ3) is 3.94. The van der Waals surface area contributed by atoms with E-state index in [9.17, 15) is 0 Å². The first-order chi connectivity index (χ1) is 13.2. The van der Waals surface area contributed by atoms with Gasteiger partial charge in [0.25, 0.3) is 0 Å². The molecule has 3 heterocycles. The van der Waals surface area contributed by atoms with Crippen molar-refractivity contribution >= 4 is 45.7 Å². The minimum Gasteiger partial charge on any atom is -0.497 e. The van der Waals surface area contributed by atoms with Crippen LogP contribution in [0.5, 0.6) is 5.75 Å². The number of hydrogen-bond acceptors (Lipinski definition) is 7. The van der Waals surface area contributed by atoms with Crippen LogP contribution in [-0.4, -0.2) is 28.3 Å². The smallest absolute Gasteiger partial charge is 0.209 e. The molecule has 1 atom stereocenters. The van der Waals surface area contributed by atoms with Crippen LogP contribution in [0.2, 0.25) is 0 Å². The second-order valence-electron chi connectivity index (χ2n) is 6.45. The largest absolute Gasteiger partial charge is 0.497 e. The molecule has 0 aliphatic carbocycles. The Morgan fingerprint density at radius 3 is 2.85 bits per heavy atom. The molecule has 0 spiro atoms.